The third kappa shape index (κ3) is 12.0. The van der Waals surface area contributed by atoms with Gasteiger partial charge in [-0.1, -0.05) is 0 Å². The zero-order chi connectivity index (χ0) is 25.7. The summed E-state index contributed by atoms with van der Waals surface area (Å²) in [5, 5.41) is 41.9. The number of nitrogens with one attached hydrogen (secondary N) is 3. The van der Waals surface area contributed by atoms with E-state index in [1.54, 1.807) is 0 Å². The van der Waals surface area contributed by atoms with Crippen LogP contribution in [0.4, 0.5) is 0 Å². The second kappa shape index (κ2) is 14.3. The standard InChI is InChI=1S/C17H27N5O11/c18-7(6-23)14(29)22-10(5-13(27)28)16(31)20-8(1-3-11(19)24)15(30)21-9(17(32)33)2-4-12(25)26/h7-10,23H,1-6,18H2,(H2,19,24)(H,20,31)(H,21,30)(H,22,29)(H,25,26)(H,27,28)(H,32,33). The van der Waals surface area contributed by atoms with Gasteiger partial charge in [-0.05, 0) is 12.8 Å². The fraction of sp³-hybridized carbons (Fsp3) is 0.588. The predicted molar refractivity (Wildman–Crippen MR) is 106 cm³/mol. The van der Waals surface area contributed by atoms with Gasteiger partial charge in [0.2, 0.25) is 23.6 Å². The Morgan fingerprint density at radius 2 is 1.18 bits per heavy atom. The smallest absolute Gasteiger partial charge is 0.326 e. The summed E-state index contributed by atoms with van der Waals surface area (Å²) in [6.07, 6.45) is -2.86. The number of carboxylic acid groups (broad SMARTS) is 3. The largest absolute Gasteiger partial charge is 0.481 e. The summed E-state index contributed by atoms with van der Waals surface area (Å²) in [7, 11) is 0. The monoisotopic (exact) mass is 477 g/mol. The maximum atomic E-state index is 12.5. The lowest BCUT2D eigenvalue weighted by molar-refractivity contribution is -0.144. The van der Waals surface area contributed by atoms with Gasteiger partial charge in [0.25, 0.3) is 0 Å². The molecule has 186 valence electrons. The van der Waals surface area contributed by atoms with Gasteiger partial charge in [0.15, 0.2) is 0 Å². The Morgan fingerprint density at radius 3 is 1.64 bits per heavy atom. The van der Waals surface area contributed by atoms with Crippen LogP contribution in [0.5, 0.6) is 0 Å². The molecule has 16 nitrogen and oxygen atoms in total. The number of aliphatic hydroxyl groups excluding tert-OH is 1. The molecule has 0 aliphatic heterocycles. The number of hydrogen-bond acceptors (Lipinski definition) is 9. The van der Waals surface area contributed by atoms with Crippen molar-refractivity contribution in [2.24, 2.45) is 11.5 Å². The second-order valence-corrected chi connectivity index (χ2v) is 6.85. The van der Waals surface area contributed by atoms with Gasteiger partial charge in [-0.25, -0.2) is 4.79 Å². The first-order chi connectivity index (χ1) is 15.3. The average molecular weight is 477 g/mol. The number of aliphatic hydroxyl groups is 1. The van der Waals surface area contributed by atoms with Gasteiger partial charge in [-0.15, -0.1) is 0 Å². The molecular formula is C17H27N5O11. The molecule has 4 atom stereocenters. The van der Waals surface area contributed by atoms with Crippen molar-refractivity contribution in [2.75, 3.05) is 6.61 Å². The summed E-state index contributed by atoms with van der Waals surface area (Å²) < 4.78 is 0. The molecule has 33 heavy (non-hydrogen) atoms. The highest BCUT2D eigenvalue weighted by Crippen LogP contribution is 2.04. The third-order valence-electron chi connectivity index (χ3n) is 4.12. The molecule has 0 saturated carbocycles. The number of carboxylic acids is 3. The predicted octanol–water partition coefficient (Wildman–Crippen LogP) is -4.55. The molecule has 0 aromatic rings. The fourth-order valence-corrected chi connectivity index (χ4v) is 2.37. The Bertz CT molecular complexity index is 772. The summed E-state index contributed by atoms with van der Waals surface area (Å²) in [6.45, 7) is -0.802. The molecule has 0 bridgehead atoms. The Labute approximate surface area is 186 Å². The first-order valence-electron chi connectivity index (χ1n) is 9.50. The van der Waals surface area contributed by atoms with E-state index >= 15 is 0 Å². The minimum Gasteiger partial charge on any atom is -0.481 e. The highest BCUT2D eigenvalue weighted by atomic mass is 16.4. The normalized spacial score (nSPS) is 14.1. The Kier molecular flexibility index (Phi) is 12.7. The first-order valence-corrected chi connectivity index (χ1v) is 9.50. The zero-order valence-corrected chi connectivity index (χ0v) is 17.4. The minimum absolute atomic E-state index is 0.415. The third-order valence-corrected chi connectivity index (χ3v) is 4.12. The van der Waals surface area contributed by atoms with Crippen LogP contribution in [-0.4, -0.2) is 92.7 Å². The quantitative estimate of drug-likeness (QED) is 0.101. The van der Waals surface area contributed by atoms with Crippen LogP contribution >= 0.6 is 0 Å². The molecule has 4 amide bonds. The van der Waals surface area contributed by atoms with Gasteiger partial charge < -0.3 is 47.8 Å². The van der Waals surface area contributed by atoms with Crippen LogP contribution in [0.2, 0.25) is 0 Å². The number of carbonyl (C=O) groups excluding carboxylic acids is 4. The van der Waals surface area contributed by atoms with Gasteiger partial charge >= 0.3 is 17.9 Å². The summed E-state index contributed by atoms with van der Waals surface area (Å²) in [5.74, 6) is -8.61. The summed E-state index contributed by atoms with van der Waals surface area (Å²) >= 11 is 0. The maximum absolute atomic E-state index is 12.5. The van der Waals surface area contributed by atoms with E-state index in [9.17, 15) is 33.6 Å². The minimum atomic E-state index is -1.74. The molecule has 16 heteroatoms. The van der Waals surface area contributed by atoms with Crippen molar-refractivity contribution >= 4 is 41.5 Å². The molecule has 0 aromatic carbocycles. The number of hydrogen-bond donors (Lipinski definition) is 9. The summed E-state index contributed by atoms with van der Waals surface area (Å²) in [6, 6.07) is -6.43. The van der Waals surface area contributed by atoms with Gasteiger partial charge in [-0.2, -0.15) is 0 Å². The Morgan fingerprint density at radius 1 is 0.697 bits per heavy atom. The lowest BCUT2D eigenvalue weighted by atomic mass is 10.1. The number of amides is 4. The van der Waals surface area contributed by atoms with E-state index in [0.717, 1.165) is 0 Å². The molecule has 0 fully saturated rings. The molecule has 0 aromatic heterocycles. The highest BCUT2D eigenvalue weighted by molar-refractivity contribution is 5.95. The van der Waals surface area contributed by atoms with Gasteiger partial charge in [0.1, 0.15) is 24.2 Å². The number of aliphatic carboxylic acids is 3. The van der Waals surface area contributed by atoms with Crippen molar-refractivity contribution in [3.63, 3.8) is 0 Å². The fourth-order valence-electron chi connectivity index (χ4n) is 2.37. The van der Waals surface area contributed by atoms with Crippen LogP contribution in [0.1, 0.15) is 32.1 Å². The van der Waals surface area contributed by atoms with Crippen molar-refractivity contribution in [1.29, 1.82) is 0 Å². The zero-order valence-electron chi connectivity index (χ0n) is 17.4. The van der Waals surface area contributed by atoms with Crippen molar-refractivity contribution in [3.8, 4) is 0 Å². The Hall–Kier alpha value is -3.79. The van der Waals surface area contributed by atoms with Crippen LogP contribution < -0.4 is 27.4 Å². The lowest BCUT2D eigenvalue weighted by Crippen LogP contribution is -2.57. The van der Waals surface area contributed by atoms with Gasteiger partial charge in [0, 0.05) is 12.8 Å². The molecule has 0 rings (SSSR count). The van der Waals surface area contributed by atoms with Crippen LogP contribution in [-0.2, 0) is 33.6 Å². The van der Waals surface area contributed by atoms with Crippen molar-refractivity contribution in [1.82, 2.24) is 16.0 Å². The van der Waals surface area contributed by atoms with Crippen LogP contribution in [0, 0.1) is 0 Å². The number of carbonyl (C=O) groups is 7. The maximum Gasteiger partial charge on any atom is 0.326 e. The molecule has 0 spiro atoms. The molecule has 0 aliphatic carbocycles. The number of nitrogens with two attached hydrogens (primary N) is 2. The lowest BCUT2D eigenvalue weighted by Gasteiger charge is -2.24. The molecule has 0 radical (unpaired) electrons. The van der Waals surface area contributed by atoms with Crippen molar-refractivity contribution in [2.45, 2.75) is 56.3 Å². The van der Waals surface area contributed by atoms with E-state index in [1.165, 1.54) is 0 Å². The van der Waals surface area contributed by atoms with Crippen LogP contribution in [0.3, 0.4) is 0 Å². The van der Waals surface area contributed by atoms with Crippen LogP contribution in [0.25, 0.3) is 0 Å². The van der Waals surface area contributed by atoms with Crippen molar-refractivity contribution < 1.29 is 54.0 Å². The summed E-state index contributed by atoms with van der Waals surface area (Å²) in [5.41, 5.74) is 10.3. The van der Waals surface area contributed by atoms with E-state index in [4.69, 9.17) is 31.9 Å². The highest BCUT2D eigenvalue weighted by Gasteiger charge is 2.31. The molecule has 0 saturated heterocycles. The van der Waals surface area contributed by atoms with Gasteiger partial charge in [-0.3, -0.25) is 28.8 Å². The second-order valence-electron chi connectivity index (χ2n) is 6.85. The Balaban J connectivity index is 5.56. The van der Waals surface area contributed by atoms with Crippen molar-refractivity contribution in [3.05, 3.63) is 0 Å². The number of primary amides is 1. The molecule has 11 N–H and O–H groups in total. The topological polar surface area (TPSA) is 289 Å². The van der Waals surface area contributed by atoms with E-state index in [0.29, 0.717) is 0 Å². The van der Waals surface area contributed by atoms with Crippen LogP contribution in [0.15, 0.2) is 0 Å². The molecule has 0 heterocycles. The molecule has 0 aliphatic rings. The molecule has 4 unspecified atom stereocenters. The summed E-state index contributed by atoms with van der Waals surface area (Å²) in [4.78, 5) is 81.0. The average Bonchev–Trinajstić information content (AvgIpc) is 2.71. The first kappa shape index (κ1) is 29.2. The number of rotatable bonds is 16. The van der Waals surface area contributed by atoms with E-state index in [2.05, 4.69) is 5.32 Å². The van der Waals surface area contributed by atoms with E-state index in [-0.39, 0.29) is 0 Å². The van der Waals surface area contributed by atoms with E-state index < -0.39 is 104 Å². The molecular weight excluding hydrogens is 450 g/mol. The SMILES string of the molecule is NC(=O)CCC(NC(=O)C(CC(=O)O)NC(=O)C(N)CO)C(=O)NC(CCC(=O)O)C(=O)O. The van der Waals surface area contributed by atoms with E-state index in [1.807, 2.05) is 10.6 Å². The van der Waals surface area contributed by atoms with Gasteiger partial charge in [0.05, 0.1) is 13.0 Å².